The third-order valence-corrected chi connectivity index (χ3v) is 4.59. The highest BCUT2D eigenvalue weighted by Gasteiger charge is 2.26. The van der Waals surface area contributed by atoms with E-state index in [1.165, 1.54) is 6.42 Å². The van der Waals surface area contributed by atoms with Crippen LogP contribution in [0.25, 0.3) is 0 Å². The number of nitrogens with one attached hydrogen (secondary N) is 1. The molecule has 0 amide bonds. The van der Waals surface area contributed by atoms with Crippen molar-refractivity contribution in [2.45, 2.75) is 45.1 Å². The minimum absolute atomic E-state index is 0.0416. The van der Waals surface area contributed by atoms with E-state index in [2.05, 4.69) is 11.6 Å². The lowest BCUT2D eigenvalue weighted by atomic mass is 9.83. The molecular formula is C10H22N2O2S. The molecule has 3 N–H and O–H groups in total. The molecule has 0 aliphatic heterocycles. The first-order valence-corrected chi connectivity index (χ1v) is 7.44. The van der Waals surface area contributed by atoms with Crippen molar-refractivity contribution in [1.29, 1.82) is 0 Å². The van der Waals surface area contributed by atoms with Crippen molar-refractivity contribution >= 4 is 10.0 Å². The van der Waals surface area contributed by atoms with Gasteiger partial charge in [-0.1, -0.05) is 26.2 Å². The number of sulfonamides is 1. The van der Waals surface area contributed by atoms with Crippen molar-refractivity contribution in [3.05, 3.63) is 0 Å². The first-order valence-electron chi connectivity index (χ1n) is 5.79. The first kappa shape index (κ1) is 12.9. The zero-order chi connectivity index (χ0) is 11.3. The zero-order valence-electron chi connectivity index (χ0n) is 9.41. The molecule has 2 unspecified atom stereocenters. The molecule has 1 aliphatic rings. The Morgan fingerprint density at radius 1 is 1.33 bits per heavy atom. The molecule has 1 saturated carbocycles. The van der Waals surface area contributed by atoms with Crippen LogP contribution in [0.3, 0.4) is 0 Å². The molecule has 2 atom stereocenters. The standard InChI is InChI=1S/C10H22N2O2S/c1-2-9-5-3-4-6-10(9)12-15(13,14)8-7-11/h9-10,12H,2-8,11H2,1H3. The average Bonchev–Trinajstić information content (AvgIpc) is 2.17. The molecule has 90 valence electrons. The van der Waals surface area contributed by atoms with Crippen LogP contribution in [0, 0.1) is 5.92 Å². The maximum atomic E-state index is 11.6. The summed E-state index contributed by atoms with van der Waals surface area (Å²) in [5.74, 6) is 0.547. The van der Waals surface area contributed by atoms with Gasteiger partial charge in [0, 0.05) is 12.6 Å². The van der Waals surface area contributed by atoms with Crippen LogP contribution in [-0.2, 0) is 10.0 Å². The largest absolute Gasteiger partial charge is 0.329 e. The van der Waals surface area contributed by atoms with Crippen molar-refractivity contribution in [3.8, 4) is 0 Å². The van der Waals surface area contributed by atoms with Gasteiger partial charge in [-0.05, 0) is 18.8 Å². The summed E-state index contributed by atoms with van der Waals surface area (Å²) in [6.07, 6.45) is 5.53. The molecule has 0 aromatic heterocycles. The summed E-state index contributed by atoms with van der Waals surface area (Å²) in [4.78, 5) is 0. The molecule has 1 aliphatic carbocycles. The lowest BCUT2D eigenvalue weighted by molar-refractivity contribution is 0.282. The SMILES string of the molecule is CCC1CCCCC1NS(=O)(=O)CCN. The van der Waals surface area contributed by atoms with Gasteiger partial charge in [-0.2, -0.15) is 0 Å². The van der Waals surface area contributed by atoms with Crippen LogP contribution in [0.5, 0.6) is 0 Å². The third kappa shape index (κ3) is 4.09. The third-order valence-electron chi connectivity index (χ3n) is 3.15. The number of hydrogen-bond acceptors (Lipinski definition) is 3. The molecule has 15 heavy (non-hydrogen) atoms. The Bertz CT molecular complexity index is 277. The Morgan fingerprint density at radius 3 is 2.60 bits per heavy atom. The molecule has 0 bridgehead atoms. The van der Waals surface area contributed by atoms with Crippen LogP contribution in [0.2, 0.25) is 0 Å². The molecule has 0 aromatic rings. The van der Waals surface area contributed by atoms with E-state index in [1.54, 1.807) is 0 Å². The molecular weight excluding hydrogens is 212 g/mol. The van der Waals surface area contributed by atoms with Crippen molar-refractivity contribution < 1.29 is 8.42 Å². The van der Waals surface area contributed by atoms with E-state index in [1.807, 2.05) is 0 Å². The second-order valence-electron chi connectivity index (χ2n) is 4.28. The molecule has 0 saturated heterocycles. The van der Waals surface area contributed by atoms with Crippen LogP contribution in [0.1, 0.15) is 39.0 Å². The quantitative estimate of drug-likeness (QED) is 0.740. The van der Waals surface area contributed by atoms with Gasteiger partial charge >= 0.3 is 0 Å². The van der Waals surface area contributed by atoms with Crippen molar-refractivity contribution in [3.63, 3.8) is 0 Å². The molecule has 0 heterocycles. The van der Waals surface area contributed by atoms with Gasteiger partial charge in [-0.3, -0.25) is 0 Å². The van der Waals surface area contributed by atoms with E-state index in [4.69, 9.17) is 5.73 Å². The van der Waals surface area contributed by atoms with Crippen LogP contribution < -0.4 is 10.5 Å². The second-order valence-corrected chi connectivity index (χ2v) is 6.16. The molecule has 1 rings (SSSR count). The van der Waals surface area contributed by atoms with Gasteiger partial charge in [0.25, 0.3) is 0 Å². The van der Waals surface area contributed by atoms with Gasteiger partial charge < -0.3 is 5.73 Å². The van der Waals surface area contributed by atoms with E-state index < -0.39 is 10.0 Å². The molecule has 5 heteroatoms. The number of nitrogens with two attached hydrogens (primary N) is 1. The Labute approximate surface area is 92.7 Å². The van der Waals surface area contributed by atoms with Crippen molar-refractivity contribution in [1.82, 2.24) is 4.72 Å². The fourth-order valence-electron chi connectivity index (χ4n) is 2.30. The van der Waals surface area contributed by atoms with Gasteiger partial charge in [-0.15, -0.1) is 0 Å². The number of rotatable bonds is 5. The lowest BCUT2D eigenvalue weighted by Gasteiger charge is -2.31. The zero-order valence-corrected chi connectivity index (χ0v) is 10.2. The highest BCUT2D eigenvalue weighted by atomic mass is 32.2. The minimum atomic E-state index is -3.15. The normalized spacial score (nSPS) is 27.9. The highest BCUT2D eigenvalue weighted by Crippen LogP contribution is 2.27. The summed E-state index contributed by atoms with van der Waals surface area (Å²) >= 11 is 0. The van der Waals surface area contributed by atoms with Gasteiger partial charge in [-0.25, -0.2) is 13.1 Å². The predicted octanol–water partition coefficient (Wildman–Crippen LogP) is 0.833. The molecule has 0 aromatic carbocycles. The van der Waals surface area contributed by atoms with E-state index in [0.29, 0.717) is 5.92 Å². The Kier molecular flexibility index (Phi) is 5.02. The fraction of sp³-hybridized carbons (Fsp3) is 1.00. The van der Waals surface area contributed by atoms with Crippen LogP contribution in [0.4, 0.5) is 0 Å². The molecule has 0 spiro atoms. The molecule has 1 fully saturated rings. The fourth-order valence-corrected chi connectivity index (χ4v) is 3.50. The summed E-state index contributed by atoms with van der Waals surface area (Å²) in [6, 6.07) is 0.139. The summed E-state index contributed by atoms with van der Waals surface area (Å²) in [7, 11) is -3.15. The van der Waals surface area contributed by atoms with E-state index in [9.17, 15) is 8.42 Å². The van der Waals surface area contributed by atoms with Gasteiger partial charge in [0.2, 0.25) is 10.0 Å². The minimum Gasteiger partial charge on any atom is -0.329 e. The maximum absolute atomic E-state index is 11.6. The second kappa shape index (κ2) is 5.82. The highest BCUT2D eigenvalue weighted by molar-refractivity contribution is 7.89. The van der Waals surface area contributed by atoms with Gasteiger partial charge in [0.15, 0.2) is 0 Å². The van der Waals surface area contributed by atoms with E-state index in [0.717, 1.165) is 25.7 Å². The van der Waals surface area contributed by atoms with Gasteiger partial charge in [0.05, 0.1) is 5.75 Å². The first-order chi connectivity index (χ1) is 7.09. The Balaban J connectivity index is 2.54. The predicted molar refractivity (Wildman–Crippen MR) is 62.0 cm³/mol. The van der Waals surface area contributed by atoms with E-state index in [-0.39, 0.29) is 18.3 Å². The summed E-state index contributed by atoms with van der Waals surface area (Å²) in [6.45, 7) is 2.32. The topological polar surface area (TPSA) is 72.2 Å². The van der Waals surface area contributed by atoms with Gasteiger partial charge in [0.1, 0.15) is 0 Å². The Hall–Kier alpha value is -0.130. The molecule has 0 radical (unpaired) electrons. The monoisotopic (exact) mass is 234 g/mol. The average molecular weight is 234 g/mol. The smallest absolute Gasteiger partial charge is 0.213 e. The van der Waals surface area contributed by atoms with Crippen molar-refractivity contribution in [2.75, 3.05) is 12.3 Å². The Morgan fingerprint density at radius 2 is 2.00 bits per heavy atom. The van der Waals surface area contributed by atoms with E-state index >= 15 is 0 Å². The number of hydrogen-bond donors (Lipinski definition) is 2. The van der Waals surface area contributed by atoms with Crippen LogP contribution in [0.15, 0.2) is 0 Å². The maximum Gasteiger partial charge on any atom is 0.213 e. The molecule has 4 nitrogen and oxygen atoms in total. The van der Waals surface area contributed by atoms with Crippen molar-refractivity contribution in [2.24, 2.45) is 11.7 Å². The summed E-state index contributed by atoms with van der Waals surface area (Å²) in [5, 5.41) is 0. The van der Waals surface area contributed by atoms with Crippen LogP contribution in [-0.4, -0.2) is 26.8 Å². The van der Waals surface area contributed by atoms with Crippen LogP contribution >= 0.6 is 0 Å². The summed E-state index contributed by atoms with van der Waals surface area (Å²) in [5.41, 5.74) is 5.27. The lowest BCUT2D eigenvalue weighted by Crippen LogP contribution is -2.43. The summed E-state index contributed by atoms with van der Waals surface area (Å²) < 4.78 is 25.9.